The van der Waals surface area contributed by atoms with Gasteiger partial charge in [0.25, 0.3) is 0 Å². The molecule has 0 aliphatic heterocycles. The van der Waals surface area contributed by atoms with Gasteiger partial charge in [-0.15, -0.1) is 0 Å². The van der Waals surface area contributed by atoms with Crippen LogP contribution in [-0.4, -0.2) is 6.04 Å². The summed E-state index contributed by atoms with van der Waals surface area (Å²) in [5, 5.41) is 3.80. The van der Waals surface area contributed by atoms with Crippen LogP contribution in [0.15, 0.2) is 18.2 Å². The maximum atomic E-state index is 3.80. The third-order valence-electron chi connectivity index (χ3n) is 4.76. The highest BCUT2D eigenvalue weighted by atomic mass is 14.9. The predicted octanol–water partition coefficient (Wildman–Crippen LogP) is 4.36. The van der Waals surface area contributed by atoms with E-state index in [9.17, 15) is 0 Å². The zero-order valence-corrected chi connectivity index (χ0v) is 12.3. The van der Waals surface area contributed by atoms with Gasteiger partial charge in [0, 0.05) is 12.6 Å². The lowest BCUT2D eigenvalue weighted by Gasteiger charge is -2.39. The number of aryl methyl sites for hydroxylation is 1. The van der Waals surface area contributed by atoms with Gasteiger partial charge in [0.1, 0.15) is 0 Å². The first-order chi connectivity index (χ1) is 8.50. The van der Waals surface area contributed by atoms with Crippen molar-refractivity contribution in [2.75, 3.05) is 0 Å². The lowest BCUT2D eigenvalue weighted by Crippen LogP contribution is -2.43. The molecule has 0 heterocycles. The average Bonchev–Trinajstić information content (AvgIpc) is 2.32. The van der Waals surface area contributed by atoms with Gasteiger partial charge in [0.15, 0.2) is 0 Å². The topological polar surface area (TPSA) is 12.0 Å². The van der Waals surface area contributed by atoms with Gasteiger partial charge in [-0.05, 0) is 48.8 Å². The summed E-state index contributed by atoms with van der Waals surface area (Å²) >= 11 is 0. The molecule has 1 heteroatoms. The fourth-order valence-corrected chi connectivity index (χ4v) is 3.11. The van der Waals surface area contributed by atoms with Crippen LogP contribution in [0.25, 0.3) is 0 Å². The smallest absolute Gasteiger partial charge is 0.0211 e. The summed E-state index contributed by atoms with van der Waals surface area (Å²) in [5.74, 6) is 0. The van der Waals surface area contributed by atoms with Gasteiger partial charge in [-0.25, -0.2) is 0 Å². The maximum Gasteiger partial charge on any atom is 0.0211 e. The lowest BCUT2D eigenvalue weighted by molar-refractivity contribution is 0.166. The van der Waals surface area contributed by atoms with Crippen molar-refractivity contribution in [3.05, 3.63) is 34.9 Å². The Kier molecular flexibility index (Phi) is 4.11. The fourth-order valence-electron chi connectivity index (χ4n) is 3.11. The standard InChI is InChI=1S/C17H27N/c1-13-8-7-9-15(14(13)2)12-18-16-10-5-6-11-17(16,3)4/h7-9,16,18H,5-6,10-12H2,1-4H3. The quantitative estimate of drug-likeness (QED) is 0.834. The number of hydrogen-bond acceptors (Lipinski definition) is 1. The number of hydrogen-bond donors (Lipinski definition) is 1. The van der Waals surface area contributed by atoms with E-state index in [0.717, 1.165) is 6.54 Å². The third kappa shape index (κ3) is 2.95. The third-order valence-corrected chi connectivity index (χ3v) is 4.76. The fraction of sp³-hybridized carbons (Fsp3) is 0.647. The molecule has 0 spiro atoms. The molecule has 1 N–H and O–H groups in total. The van der Waals surface area contributed by atoms with E-state index >= 15 is 0 Å². The zero-order valence-electron chi connectivity index (χ0n) is 12.3. The highest BCUT2D eigenvalue weighted by molar-refractivity contribution is 5.33. The molecule has 1 aromatic carbocycles. The van der Waals surface area contributed by atoms with Crippen molar-refractivity contribution in [2.45, 2.75) is 66.0 Å². The SMILES string of the molecule is Cc1cccc(CNC2CCCCC2(C)C)c1C. The van der Waals surface area contributed by atoms with Crippen LogP contribution in [0.5, 0.6) is 0 Å². The van der Waals surface area contributed by atoms with Crippen LogP contribution in [-0.2, 0) is 6.54 Å². The Bertz CT molecular complexity index is 406. The lowest BCUT2D eigenvalue weighted by atomic mass is 9.73. The van der Waals surface area contributed by atoms with Crippen molar-refractivity contribution in [3.63, 3.8) is 0 Å². The van der Waals surface area contributed by atoms with E-state index < -0.39 is 0 Å². The van der Waals surface area contributed by atoms with Crippen molar-refractivity contribution >= 4 is 0 Å². The van der Waals surface area contributed by atoms with E-state index in [2.05, 4.69) is 51.2 Å². The number of rotatable bonds is 3. The van der Waals surface area contributed by atoms with Crippen molar-refractivity contribution in [2.24, 2.45) is 5.41 Å². The molecule has 0 saturated heterocycles. The zero-order chi connectivity index (χ0) is 13.2. The minimum absolute atomic E-state index is 0.454. The second-order valence-corrected chi connectivity index (χ2v) is 6.53. The minimum atomic E-state index is 0.454. The summed E-state index contributed by atoms with van der Waals surface area (Å²) in [6, 6.07) is 7.30. The molecule has 2 rings (SSSR count). The summed E-state index contributed by atoms with van der Waals surface area (Å²) in [7, 11) is 0. The van der Waals surface area contributed by atoms with Gasteiger partial charge in [-0.2, -0.15) is 0 Å². The highest BCUT2D eigenvalue weighted by Crippen LogP contribution is 2.35. The van der Waals surface area contributed by atoms with Crippen molar-refractivity contribution in [1.29, 1.82) is 0 Å². The second-order valence-electron chi connectivity index (χ2n) is 6.53. The second kappa shape index (κ2) is 5.44. The van der Waals surface area contributed by atoms with Crippen molar-refractivity contribution < 1.29 is 0 Å². The highest BCUT2D eigenvalue weighted by Gasteiger charge is 2.31. The average molecular weight is 245 g/mol. The van der Waals surface area contributed by atoms with Crippen LogP contribution in [0.2, 0.25) is 0 Å². The Hall–Kier alpha value is -0.820. The number of benzene rings is 1. The molecule has 0 radical (unpaired) electrons. The normalized spacial score (nSPS) is 23.0. The Morgan fingerprint density at radius 1 is 1.22 bits per heavy atom. The van der Waals surface area contributed by atoms with Gasteiger partial charge in [0.05, 0.1) is 0 Å². The Labute approximate surface area is 112 Å². The van der Waals surface area contributed by atoms with E-state index in [0.29, 0.717) is 11.5 Å². The molecule has 1 nitrogen and oxygen atoms in total. The van der Waals surface area contributed by atoms with Gasteiger partial charge >= 0.3 is 0 Å². The number of nitrogens with one attached hydrogen (secondary N) is 1. The van der Waals surface area contributed by atoms with Gasteiger partial charge in [-0.1, -0.05) is 44.9 Å². The summed E-state index contributed by atoms with van der Waals surface area (Å²) in [5.41, 5.74) is 4.75. The Morgan fingerprint density at radius 3 is 2.72 bits per heavy atom. The summed E-state index contributed by atoms with van der Waals surface area (Å²) in [6.07, 6.45) is 5.47. The van der Waals surface area contributed by atoms with Crippen LogP contribution >= 0.6 is 0 Å². The first kappa shape index (κ1) is 13.6. The van der Waals surface area contributed by atoms with Crippen LogP contribution < -0.4 is 5.32 Å². The van der Waals surface area contributed by atoms with Crippen LogP contribution in [0.3, 0.4) is 0 Å². The van der Waals surface area contributed by atoms with E-state index in [-0.39, 0.29) is 0 Å². The monoisotopic (exact) mass is 245 g/mol. The first-order valence-corrected chi connectivity index (χ1v) is 7.29. The van der Waals surface area contributed by atoms with Gasteiger partial charge < -0.3 is 5.32 Å². The summed E-state index contributed by atoms with van der Waals surface area (Å²) in [4.78, 5) is 0. The molecule has 0 aromatic heterocycles. The maximum absolute atomic E-state index is 3.80. The van der Waals surface area contributed by atoms with Crippen LogP contribution in [0.4, 0.5) is 0 Å². The molecular weight excluding hydrogens is 218 g/mol. The minimum Gasteiger partial charge on any atom is -0.309 e. The molecular formula is C17H27N. The molecule has 1 aromatic rings. The van der Waals surface area contributed by atoms with E-state index in [4.69, 9.17) is 0 Å². The summed E-state index contributed by atoms with van der Waals surface area (Å²) in [6.45, 7) is 10.3. The van der Waals surface area contributed by atoms with Gasteiger partial charge in [0.2, 0.25) is 0 Å². The largest absolute Gasteiger partial charge is 0.309 e. The Morgan fingerprint density at radius 2 is 2.00 bits per heavy atom. The molecule has 18 heavy (non-hydrogen) atoms. The molecule has 1 unspecified atom stereocenters. The van der Waals surface area contributed by atoms with E-state index in [1.54, 1.807) is 0 Å². The van der Waals surface area contributed by atoms with Crippen molar-refractivity contribution in [1.82, 2.24) is 5.32 Å². The van der Waals surface area contributed by atoms with Gasteiger partial charge in [-0.3, -0.25) is 0 Å². The molecule has 1 aliphatic rings. The predicted molar refractivity (Wildman–Crippen MR) is 78.8 cm³/mol. The molecule has 100 valence electrons. The molecule has 1 fully saturated rings. The molecule has 1 aliphatic carbocycles. The first-order valence-electron chi connectivity index (χ1n) is 7.29. The van der Waals surface area contributed by atoms with Crippen LogP contribution in [0, 0.1) is 19.3 Å². The van der Waals surface area contributed by atoms with Crippen molar-refractivity contribution in [3.8, 4) is 0 Å². The molecule has 1 saturated carbocycles. The Balaban J connectivity index is 2.00. The molecule has 1 atom stereocenters. The summed E-state index contributed by atoms with van der Waals surface area (Å²) < 4.78 is 0. The molecule has 0 bridgehead atoms. The van der Waals surface area contributed by atoms with Crippen LogP contribution in [0.1, 0.15) is 56.2 Å². The van der Waals surface area contributed by atoms with E-state index in [1.807, 2.05) is 0 Å². The molecule has 0 amide bonds. The van der Waals surface area contributed by atoms with E-state index in [1.165, 1.54) is 42.4 Å².